The van der Waals surface area contributed by atoms with Gasteiger partial charge in [0, 0.05) is 6.54 Å². The fraction of sp³-hybridized carbons (Fsp3) is 0.833. The lowest BCUT2D eigenvalue weighted by Crippen LogP contribution is -2.31. The van der Waals surface area contributed by atoms with Crippen LogP contribution in [0.5, 0.6) is 0 Å². The zero-order valence-electron chi connectivity index (χ0n) is 14.8. The molecule has 0 fully saturated rings. The summed E-state index contributed by atoms with van der Waals surface area (Å²) in [5.74, 6) is -2.29. The molecule has 0 aliphatic rings. The van der Waals surface area contributed by atoms with Crippen molar-refractivity contribution >= 4 is 18.7 Å². The van der Waals surface area contributed by atoms with Crippen LogP contribution in [0.15, 0.2) is 0 Å². The average Bonchev–Trinajstić information content (AvgIpc) is 2.56. The standard InChI is InChI=1S/C17H33NO3.CH2O/c1-2-3-4-5-6-7-8-9-10-11-12-13-14-15-18-16(19)17(20)21;1-2/h2-15H2,1H3,(H,18,19)(H,20,21);1H2. The lowest BCUT2D eigenvalue weighted by molar-refractivity contribution is -0.150. The van der Waals surface area contributed by atoms with Gasteiger partial charge >= 0.3 is 11.9 Å². The highest BCUT2D eigenvalue weighted by molar-refractivity contribution is 6.31. The second kappa shape index (κ2) is 20.6. The molecule has 2 N–H and O–H groups in total. The Morgan fingerprint density at radius 2 is 1.09 bits per heavy atom. The molecule has 136 valence electrons. The van der Waals surface area contributed by atoms with Crippen LogP contribution in [-0.2, 0) is 14.4 Å². The fourth-order valence-electron chi connectivity index (χ4n) is 2.42. The number of carbonyl (C=O) groups excluding carboxylic acids is 2. The molecule has 0 unspecified atom stereocenters. The first-order chi connectivity index (χ1) is 11.2. The molecule has 5 nitrogen and oxygen atoms in total. The number of carboxylic acid groups (broad SMARTS) is 1. The first kappa shape index (κ1) is 23.9. The fourth-order valence-corrected chi connectivity index (χ4v) is 2.42. The van der Waals surface area contributed by atoms with Gasteiger partial charge < -0.3 is 15.2 Å². The van der Waals surface area contributed by atoms with Gasteiger partial charge in [-0.2, -0.15) is 0 Å². The molecule has 0 radical (unpaired) electrons. The monoisotopic (exact) mass is 329 g/mol. The number of nitrogens with one attached hydrogen (secondary N) is 1. The third-order valence-electron chi connectivity index (χ3n) is 3.76. The van der Waals surface area contributed by atoms with Gasteiger partial charge in [0.25, 0.3) is 0 Å². The highest BCUT2D eigenvalue weighted by Gasteiger charge is 2.08. The number of carbonyl (C=O) groups is 3. The van der Waals surface area contributed by atoms with Gasteiger partial charge in [-0.1, -0.05) is 84.0 Å². The molecule has 5 heteroatoms. The van der Waals surface area contributed by atoms with E-state index in [1.54, 1.807) is 0 Å². The third-order valence-corrected chi connectivity index (χ3v) is 3.76. The summed E-state index contributed by atoms with van der Waals surface area (Å²) in [5, 5.41) is 10.8. The third kappa shape index (κ3) is 20.6. The van der Waals surface area contributed by atoms with Crippen LogP contribution in [0.25, 0.3) is 0 Å². The van der Waals surface area contributed by atoms with Gasteiger partial charge in [-0.25, -0.2) is 4.79 Å². The van der Waals surface area contributed by atoms with E-state index in [4.69, 9.17) is 9.90 Å². The van der Waals surface area contributed by atoms with E-state index in [1.807, 2.05) is 6.79 Å². The molecular weight excluding hydrogens is 294 g/mol. The van der Waals surface area contributed by atoms with Crippen molar-refractivity contribution in [2.75, 3.05) is 6.54 Å². The van der Waals surface area contributed by atoms with Crippen molar-refractivity contribution in [2.45, 2.75) is 90.4 Å². The van der Waals surface area contributed by atoms with Gasteiger partial charge in [-0.15, -0.1) is 0 Å². The van der Waals surface area contributed by atoms with Crippen LogP contribution in [0, 0.1) is 0 Å². The molecule has 0 bridgehead atoms. The number of amides is 1. The molecule has 0 heterocycles. The van der Waals surface area contributed by atoms with Crippen molar-refractivity contribution in [3.63, 3.8) is 0 Å². The summed E-state index contributed by atoms with van der Waals surface area (Å²) in [6, 6.07) is 0. The van der Waals surface area contributed by atoms with Crippen LogP contribution in [0.1, 0.15) is 90.4 Å². The molecule has 0 aliphatic heterocycles. The maximum Gasteiger partial charge on any atom is 0.394 e. The Morgan fingerprint density at radius 1 is 0.739 bits per heavy atom. The Balaban J connectivity index is 0. The van der Waals surface area contributed by atoms with Crippen molar-refractivity contribution in [2.24, 2.45) is 0 Å². The molecular formula is C18H35NO4. The van der Waals surface area contributed by atoms with Gasteiger partial charge in [0.2, 0.25) is 0 Å². The molecule has 23 heavy (non-hydrogen) atoms. The van der Waals surface area contributed by atoms with Gasteiger partial charge in [0.05, 0.1) is 0 Å². The van der Waals surface area contributed by atoms with E-state index < -0.39 is 11.9 Å². The number of rotatable bonds is 14. The van der Waals surface area contributed by atoms with Crippen LogP contribution in [-0.4, -0.2) is 30.3 Å². The van der Waals surface area contributed by atoms with E-state index in [-0.39, 0.29) is 0 Å². The van der Waals surface area contributed by atoms with Crippen LogP contribution in [0.3, 0.4) is 0 Å². The summed E-state index contributed by atoms with van der Waals surface area (Å²) in [4.78, 5) is 29.0. The molecule has 0 aromatic carbocycles. The smallest absolute Gasteiger partial charge is 0.394 e. The maximum atomic E-state index is 10.8. The molecule has 1 amide bonds. The van der Waals surface area contributed by atoms with E-state index in [0.717, 1.165) is 12.8 Å². The number of carboxylic acids is 1. The van der Waals surface area contributed by atoms with Crippen molar-refractivity contribution in [1.29, 1.82) is 0 Å². The summed E-state index contributed by atoms with van der Waals surface area (Å²) in [6.45, 7) is 4.73. The SMILES string of the molecule is C=O.CCCCCCCCCCCCCCCNC(=O)C(=O)O. The number of unbranched alkanes of at least 4 members (excludes halogenated alkanes) is 12. The minimum absolute atomic E-state index is 0.475. The minimum Gasteiger partial charge on any atom is -0.474 e. The normalized spacial score (nSPS) is 9.78. The van der Waals surface area contributed by atoms with Crippen molar-refractivity contribution in [3.8, 4) is 0 Å². The van der Waals surface area contributed by atoms with Crippen LogP contribution >= 0.6 is 0 Å². The molecule has 0 atom stereocenters. The Morgan fingerprint density at radius 3 is 1.43 bits per heavy atom. The molecule has 0 saturated carbocycles. The predicted molar refractivity (Wildman–Crippen MR) is 93.5 cm³/mol. The lowest BCUT2D eigenvalue weighted by atomic mass is 10.0. The predicted octanol–water partition coefficient (Wildman–Crippen LogP) is 4.09. The molecule has 0 rings (SSSR count). The number of aliphatic carboxylic acids is 1. The first-order valence-corrected chi connectivity index (χ1v) is 8.98. The summed E-state index contributed by atoms with van der Waals surface area (Å²) in [5.41, 5.74) is 0. The molecule has 0 aromatic heterocycles. The Kier molecular flexibility index (Phi) is 21.4. The van der Waals surface area contributed by atoms with E-state index in [0.29, 0.717) is 6.54 Å². The van der Waals surface area contributed by atoms with E-state index >= 15 is 0 Å². The zero-order valence-corrected chi connectivity index (χ0v) is 14.8. The highest BCUT2D eigenvalue weighted by atomic mass is 16.4. The van der Waals surface area contributed by atoms with E-state index in [9.17, 15) is 9.59 Å². The number of hydrogen-bond acceptors (Lipinski definition) is 3. The van der Waals surface area contributed by atoms with Gasteiger partial charge in [-0.05, 0) is 6.42 Å². The molecule has 0 spiro atoms. The Hall–Kier alpha value is -1.39. The second-order valence-electron chi connectivity index (χ2n) is 5.80. The minimum atomic E-state index is -1.40. The van der Waals surface area contributed by atoms with Gasteiger partial charge in [0.1, 0.15) is 6.79 Å². The van der Waals surface area contributed by atoms with Crippen molar-refractivity contribution < 1.29 is 19.5 Å². The summed E-state index contributed by atoms with van der Waals surface area (Å²) in [7, 11) is 0. The zero-order chi connectivity index (χ0) is 17.8. The Labute approximate surface area is 141 Å². The van der Waals surface area contributed by atoms with Crippen LogP contribution in [0.2, 0.25) is 0 Å². The van der Waals surface area contributed by atoms with Crippen molar-refractivity contribution in [3.05, 3.63) is 0 Å². The van der Waals surface area contributed by atoms with Crippen LogP contribution < -0.4 is 5.32 Å². The average molecular weight is 329 g/mol. The van der Waals surface area contributed by atoms with Crippen LogP contribution in [0.4, 0.5) is 0 Å². The van der Waals surface area contributed by atoms with E-state index in [1.165, 1.54) is 70.6 Å². The summed E-state index contributed by atoms with van der Waals surface area (Å²) in [6.07, 6.45) is 16.6. The summed E-state index contributed by atoms with van der Waals surface area (Å²) >= 11 is 0. The highest BCUT2D eigenvalue weighted by Crippen LogP contribution is 2.12. The van der Waals surface area contributed by atoms with Crippen molar-refractivity contribution in [1.82, 2.24) is 5.32 Å². The number of hydrogen-bond donors (Lipinski definition) is 2. The van der Waals surface area contributed by atoms with E-state index in [2.05, 4.69) is 12.2 Å². The van der Waals surface area contributed by atoms with Gasteiger partial charge in [-0.3, -0.25) is 4.79 Å². The topological polar surface area (TPSA) is 83.5 Å². The quantitative estimate of drug-likeness (QED) is 0.371. The second-order valence-corrected chi connectivity index (χ2v) is 5.80. The maximum absolute atomic E-state index is 10.8. The first-order valence-electron chi connectivity index (χ1n) is 8.98. The molecule has 0 aromatic rings. The Bertz CT molecular complexity index is 282. The van der Waals surface area contributed by atoms with Gasteiger partial charge in [0.15, 0.2) is 0 Å². The largest absolute Gasteiger partial charge is 0.474 e. The summed E-state index contributed by atoms with van der Waals surface area (Å²) < 4.78 is 0. The molecule has 0 saturated heterocycles. The lowest BCUT2D eigenvalue weighted by Gasteiger charge is -2.03. The molecule has 0 aliphatic carbocycles.